The highest BCUT2D eigenvalue weighted by atomic mass is 32.3. The van der Waals surface area contributed by atoms with Crippen LogP contribution < -0.4 is 13.7 Å². The van der Waals surface area contributed by atoms with Crippen molar-refractivity contribution in [2.75, 3.05) is 14.2 Å². The molecule has 0 fully saturated rings. The second-order valence-electron chi connectivity index (χ2n) is 4.81. The van der Waals surface area contributed by atoms with Crippen molar-refractivity contribution in [1.82, 2.24) is 0 Å². The zero-order valence-electron chi connectivity index (χ0n) is 12.4. The van der Waals surface area contributed by atoms with E-state index >= 15 is 0 Å². The van der Waals surface area contributed by atoms with E-state index in [-0.39, 0.29) is 5.75 Å². The van der Waals surface area contributed by atoms with Crippen LogP contribution in [0.5, 0.6) is 17.2 Å². The van der Waals surface area contributed by atoms with E-state index in [0.717, 1.165) is 16.2 Å². The maximum absolute atomic E-state index is 10.8. The summed E-state index contributed by atoms with van der Waals surface area (Å²) in [7, 11) is -1.77. The molecule has 0 atom stereocenters. The van der Waals surface area contributed by atoms with E-state index in [4.69, 9.17) is 9.47 Å². The van der Waals surface area contributed by atoms with Crippen molar-refractivity contribution in [2.45, 2.75) is 0 Å². The lowest BCUT2D eigenvalue weighted by Gasteiger charge is -2.16. The van der Waals surface area contributed by atoms with E-state index in [9.17, 15) is 13.0 Å². The van der Waals surface area contributed by atoms with E-state index < -0.39 is 10.4 Å². The van der Waals surface area contributed by atoms with Crippen LogP contribution in [0.3, 0.4) is 0 Å². The molecular formula is C16H13O6S-. The average molecular weight is 333 g/mol. The van der Waals surface area contributed by atoms with Crippen LogP contribution in [0.4, 0.5) is 0 Å². The second kappa shape index (κ2) is 5.60. The minimum Gasteiger partial charge on any atom is -0.716 e. The highest BCUT2D eigenvalue weighted by Gasteiger charge is 2.16. The number of rotatable bonds is 4. The quantitative estimate of drug-likeness (QED) is 0.415. The molecule has 6 nitrogen and oxygen atoms in total. The summed E-state index contributed by atoms with van der Waals surface area (Å²) in [6.07, 6.45) is 0. The fourth-order valence-electron chi connectivity index (χ4n) is 2.69. The highest BCUT2D eigenvalue weighted by molar-refractivity contribution is 7.81. The Hall–Kier alpha value is -2.51. The maximum atomic E-state index is 10.8. The first-order valence-electron chi connectivity index (χ1n) is 6.66. The van der Waals surface area contributed by atoms with Crippen LogP contribution in [-0.4, -0.2) is 27.2 Å². The van der Waals surface area contributed by atoms with Crippen LogP contribution >= 0.6 is 0 Å². The van der Waals surface area contributed by atoms with E-state index in [0.29, 0.717) is 16.9 Å². The summed E-state index contributed by atoms with van der Waals surface area (Å²) in [5.74, 6) is 1.10. The fraction of sp³-hybridized carbons (Fsp3) is 0.125. The lowest BCUT2D eigenvalue weighted by Crippen LogP contribution is -2.07. The van der Waals surface area contributed by atoms with Gasteiger partial charge in [-0.15, -0.1) is 0 Å². The Balaban J connectivity index is 2.40. The van der Waals surface area contributed by atoms with Gasteiger partial charge in [-0.2, -0.15) is 0 Å². The first-order chi connectivity index (χ1) is 10.9. The summed E-state index contributed by atoms with van der Waals surface area (Å²) in [4.78, 5) is 0. The number of hydrogen-bond acceptors (Lipinski definition) is 6. The Morgan fingerprint density at radius 1 is 0.826 bits per heavy atom. The Bertz CT molecular complexity index is 994. The number of hydrogen-bond donors (Lipinski definition) is 0. The second-order valence-corrected chi connectivity index (χ2v) is 5.79. The zero-order valence-corrected chi connectivity index (χ0v) is 13.2. The van der Waals surface area contributed by atoms with Crippen molar-refractivity contribution in [1.29, 1.82) is 0 Å². The van der Waals surface area contributed by atoms with Gasteiger partial charge in [-0.05, 0) is 18.2 Å². The van der Waals surface area contributed by atoms with Crippen molar-refractivity contribution in [3.63, 3.8) is 0 Å². The van der Waals surface area contributed by atoms with Gasteiger partial charge in [0.1, 0.15) is 17.2 Å². The summed E-state index contributed by atoms with van der Waals surface area (Å²) >= 11 is 0. The van der Waals surface area contributed by atoms with Gasteiger partial charge >= 0.3 is 0 Å². The molecule has 23 heavy (non-hydrogen) atoms. The number of fused-ring (bicyclic) bond motifs is 2. The molecule has 0 aliphatic heterocycles. The molecule has 3 aromatic carbocycles. The van der Waals surface area contributed by atoms with Crippen LogP contribution in [0.1, 0.15) is 0 Å². The van der Waals surface area contributed by atoms with Gasteiger partial charge in [-0.3, -0.25) is 0 Å². The predicted molar refractivity (Wildman–Crippen MR) is 84.9 cm³/mol. The largest absolute Gasteiger partial charge is 0.716 e. The molecule has 0 bridgehead atoms. The number of methoxy groups -OCH3 is 2. The van der Waals surface area contributed by atoms with Gasteiger partial charge in [0, 0.05) is 21.5 Å². The minimum absolute atomic E-state index is 0.0804. The van der Waals surface area contributed by atoms with Crippen LogP contribution in [-0.2, 0) is 10.4 Å². The summed E-state index contributed by atoms with van der Waals surface area (Å²) < 4.78 is 47.8. The third-order valence-electron chi connectivity index (χ3n) is 3.50. The van der Waals surface area contributed by atoms with Gasteiger partial charge in [-0.25, -0.2) is 8.42 Å². The normalized spacial score (nSPS) is 11.6. The van der Waals surface area contributed by atoms with E-state index in [2.05, 4.69) is 4.18 Å². The summed E-state index contributed by atoms with van der Waals surface area (Å²) in [6, 6.07) is 12.0. The smallest absolute Gasteiger partial charge is 0.262 e. The van der Waals surface area contributed by atoms with Crippen molar-refractivity contribution in [3.8, 4) is 17.2 Å². The molecule has 0 aromatic heterocycles. The molecule has 0 spiro atoms. The molecule has 0 amide bonds. The third-order valence-corrected chi connectivity index (χ3v) is 3.90. The monoisotopic (exact) mass is 333 g/mol. The fourth-order valence-corrected chi connectivity index (χ4v) is 3.03. The van der Waals surface area contributed by atoms with Gasteiger partial charge in [-0.1, -0.05) is 24.3 Å². The van der Waals surface area contributed by atoms with Crippen LogP contribution in [0.2, 0.25) is 0 Å². The topological polar surface area (TPSA) is 84.9 Å². The van der Waals surface area contributed by atoms with Crippen molar-refractivity contribution >= 4 is 31.9 Å². The zero-order chi connectivity index (χ0) is 16.6. The molecular weight excluding hydrogens is 320 g/mol. The summed E-state index contributed by atoms with van der Waals surface area (Å²) in [6.45, 7) is 0. The molecule has 0 aliphatic carbocycles. The van der Waals surface area contributed by atoms with Crippen LogP contribution in [0.15, 0.2) is 42.5 Å². The Morgan fingerprint density at radius 3 is 1.87 bits per heavy atom. The lowest BCUT2D eigenvalue weighted by molar-refractivity contribution is 0.372. The maximum Gasteiger partial charge on any atom is 0.262 e. The summed E-state index contributed by atoms with van der Waals surface area (Å²) in [5, 5.41) is 2.98. The molecule has 3 rings (SSSR count). The molecule has 0 saturated carbocycles. The number of ether oxygens (including phenoxy) is 2. The van der Waals surface area contributed by atoms with Crippen molar-refractivity contribution < 1.29 is 26.6 Å². The predicted octanol–water partition coefficient (Wildman–Crippen LogP) is 2.85. The first kappa shape index (κ1) is 15.4. The minimum atomic E-state index is -4.85. The first-order valence-corrected chi connectivity index (χ1v) is 7.99. The lowest BCUT2D eigenvalue weighted by atomic mass is 10.0. The molecule has 0 radical (unpaired) electrons. The van der Waals surface area contributed by atoms with Gasteiger partial charge < -0.3 is 18.2 Å². The van der Waals surface area contributed by atoms with Gasteiger partial charge in [0.05, 0.1) is 14.2 Å². The molecule has 120 valence electrons. The Labute approximate surface area is 133 Å². The van der Waals surface area contributed by atoms with E-state index in [1.807, 2.05) is 24.3 Å². The van der Waals surface area contributed by atoms with Crippen molar-refractivity contribution in [2.24, 2.45) is 0 Å². The molecule has 0 aliphatic rings. The van der Waals surface area contributed by atoms with Crippen LogP contribution in [0.25, 0.3) is 21.5 Å². The Morgan fingerprint density at radius 2 is 1.35 bits per heavy atom. The molecule has 7 heteroatoms. The van der Waals surface area contributed by atoms with Gasteiger partial charge in [0.2, 0.25) is 0 Å². The van der Waals surface area contributed by atoms with Gasteiger partial charge in [0.15, 0.2) is 0 Å². The highest BCUT2D eigenvalue weighted by Crippen LogP contribution is 2.43. The summed E-state index contributed by atoms with van der Waals surface area (Å²) in [5.41, 5.74) is 0. The van der Waals surface area contributed by atoms with Crippen molar-refractivity contribution in [3.05, 3.63) is 42.5 Å². The third kappa shape index (κ3) is 2.76. The SMILES string of the molecule is COc1c2ccccc2c(OC)c2cc(OS(=O)(=O)[O-])ccc12. The molecule has 0 heterocycles. The van der Waals surface area contributed by atoms with Crippen LogP contribution in [0, 0.1) is 0 Å². The molecule has 0 unspecified atom stereocenters. The van der Waals surface area contributed by atoms with Gasteiger partial charge in [0.25, 0.3) is 10.4 Å². The average Bonchev–Trinajstić information content (AvgIpc) is 2.51. The Kier molecular flexibility index (Phi) is 3.75. The van der Waals surface area contributed by atoms with E-state index in [1.165, 1.54) is 19.2 Å². The molecule has 3 aromatic rings. The standard InChI is InChI=1S/C16H14O6S/c1-20-15-11-5-3-4-6-12(11)16(21-2)14-9-10(7-8-13(14)15)22-23(17,18)19/h3-9H,1-2H3,(H,17,18,19)/p-1. The molecule has 0 N–H and O–H groups in total. The molecule has 0 saturated heterocycles. The number of benzene rings is 3. The van der Waals surface area contributed by atoms with E-state index in [1.54, 1.807) is 13.2 Å².